The minimum atomic E-state index is -0.885. The Morgan fingerprint density at radius 1 is 0.893 bits per heavy atom. The Bertz CT molecular complexity index is 569. The fourth-order valence-electron chi connectivity index (χ4n) is 2.32. The topological polar surface area (TPSA) is 140 Å². The largest absolute Gasteiger partial charge is 0.444 e. The van der Waals surface area contributed by atoms with Gasteiger partial charge in [0.2, 0.25) is 17.7 Å². The number of amides is 4. The third-order valence-corrected chi connectivity index (χ3v) is 3.75. The number of hydrogen-bond donors (Lipinski definition) is 4. The van der Waals surface area contributed by atoms with Crippen LogP contribution in [0.5, 0.6) is 0 Å². The van der Waals surface area contributed by atoms with Crippen LogP contribution < -0.4 is 21.7 Å². The molecule has 9 nitrogen and oxygen atoms in total. The number of nitrogens with one attached hydrogen (secondary N) is 3. The first-order valence-corrected chi connectivity index (χ1v) is 9.53. The van der Waals surface area contributed by atoms with Crippen molar-refractivity contribution in [3.8, 4) is 0 Å². The summed E-state index contributed by atoms with van der Waals surface area (Å²) in [6.07, 6.45) is -0.337. The standard InChI is InChI=1S/C19H36N4O5/c1-10(2)9-13(22-18(27)28-19(6,7)8)16(25)23-14(11(3)4)17(26)21-12(5)15(20)24/h10-14H,9H2,1-8H3,(H2,20,24)(H,21,26)(H,22,27)(H,23,25)/t12-,13+,14+/m0/s1. The molecule has 0 fully saturated rings. The maximum atomic E-state index is 12.8. The van der Waals surface area contributed by atoms with Gasteiger partial charge in [-0.2, -0.15) is 0 Å². The molecular weight excluding hydrogens is 364 g/mol. The molecule has 162 valence electrons. The zero-order valence-electron chi connectivity index (χ0n) is 18.2. The predicted octanol–water partition coefficient (Wildman–Crippen LogP) is 1.06. The van der Waals surface area contributed by atoms with E-state index >= 15 is 0 Å². The second-order valence-electron chi connectivity index (χ2n) is 8.69. The molecule has 0 saturated carbocycles. The summed E-state index contributed by atoms with van der Waals surface area (Å²) in [7, 11) is 0. The van der Waals surface area contributed by atoms with Crippen LogP contribution in [0.3, 0.4) is 0 Å². The van der Waals surface area contributed by atoms with Crippen molar-refractivity contribution in [2.45, 2.75) is 85.5 Å². The number of carbonyl (C=O) groups is 4. The highest BCUT2D eigenvalue weighted by Crippen LogP contribution is 2.11. The minimum absolute atomic E-state index is 0.117. The molecule has 0 bridgehead atoms. The molecular formula is C19H36N4O5. The number of hydrogen-bond acceptors (Lipinski definition) is 5. The van der Waals surface area contributed by atoms with Crippen LogP contribution in [0, 0.1) is 11.8 Å². The van der Waals surface area contributed by atoms with E-state index in [2.05, 4.69) is 16.0 Å². The molecule has 0 aliphatic carbocycles. The van der Waals surface area contributed by atoms with Crippen molar-refractivity contribution in [2.75, 3.05) is 0 Å². The average Bonchev–Trinajstić information content (AvgIpc) is 2.48. The Labute approximate surface area is 167 Å². The Morgan fingerprint density at radius 2 is 1.43 bits per heavy atom. The first kappa shape index (κ1) is 25.7. The van der Waals surface area contributed by atoms with Gasteiger partial charge in [0, 0.05) is 0 Å². The predicted molar refractivity (Wildman–Crippen MR) is 106 cm³/mol. The number of primary amides is 1. The summed E-state index contributed by atoms with van der Waals surface area (Å²) in [5.74, 6) is -1.82. The van der Waals surface area contributed by atoms with Crippen molar-refractivity contribution in [1.29, 1.82) is 0 Å². The van der Waals surface area contributed by atoms with Gasteiger partial charge in [0.15, 0.2) is 0 Å². The summed E-state index contributed by atoms with van der Waals surface area (Å²) < 4.78 is 5.22. The fraction of sp³-hybridized carbons (Fsp3) is 0.789. The lowest BCUT2D eigenvalue weighted by Gasteiger charge is -2.27. The minimum Gasteiger partial charge on any atom is -0.444 e. The first-order chi connectivity index (χ1) is 12.6. The van der Waals surface area contributed by atoms with Crippen LogP contribution in [0.1, 0.15) is 61.8 Å². The Hall–Kier alpha value is -2.32. The molecule has 0 radical (unpaired) electrons. The zero-order valence-corrected chi connectivity index (χ0v) is 18.2. The molecule has 4 amide bonds. The van der Waals surface area contributed by atoms with Crippen LogP contribution in [0.2, 0.25) is 0 Å². The zero-order chi connectivity index (χ0) is 22.2. The second kappa shape index (κ2) is 10.9. The van der Waals surface area contributed by atoms with Crippen LogP contribution in [0.25, 0.3) is 0 Å². The van der Waals surface area contributed by atoms with Gasteiger partial charge in [-0.25, -0.2) is 4.79 Å². The van der Waals surface area contributed by atoms with E-state index in [4.69, 9.17) is 10.5 Å². The van der Waals surface area contributed by atoms with Gasteiger partial charge in [0.1, 0.15) is 23.7 Å². The lowest BCUT2D eigenvalue weighted by Crippen LogP contribution is -2.57. The normalized spacial score (nSPS) is 14.8. The first-order valence-electron chi connectivity index (χ1n) is 9.53. The molecule has 5 N–H and O–H groups in total. The SMILES string of the molecule is CC(C)C[C@@H](NC(=O)OC(C)(C)C)C(=O)N[C@@H](C(=O)N[C@@H](C)C(N)=O)C(C)C. The number of rotatable bonds is 9. The smallest absolute Gasteiger partial charge is 0.408 e. The molecule has 0 heterocycles. The maximum absolute atomic E-state index is 12.8. The summed E-state index contributed by atoms with van der Waals surface area (Å²) in [4.78, 5) is 48.5. The molecule has 0 aliphatic rings. The third-order valence-electron chi connectivity index (χ3n) is 3.75. The Morgan fingerprint density at radius 3 is 1.82 bits per heavy atom. The highest BCUT2D eigenvalue weighted by Gasteiger charge is 2.31. The summed E-state index contributed by atoms with van der Waals surface area (Å²) in [6, 6.07) is -2.61. The summed E-state index contributed by atoms with van der Waals surface area (Å²) in [6.45, 7) is 14.0. The van der Waals surface area contributed by atoms with E-state index in [1.54, 1.807) is 34.6 Å². The van der Waals surface area contributed by atoms with E-state index in [1.165, 1.54) is 6.92 Å². The highest BCUT2D eigenvalue weighted by atomic mass is 16.6. The van der Waals surface area contributed by atoms with Gasteiger partial charge >= 0.3 is 6.09 Å². The van der Waals surface area contributed by atoms with Gasteiger partial charge in [-0.15, -0.1) is 0 Å². The molecule has 0 saturated heterocycles. The Balaban J connectivity index is 5.24. The summed E-state index contributed by atoms with van der Waals surface area (Å²) >= 11 is 0. The number of ether oxygens (including phenoxy) is 1. The average molecular weight is 401 g/mol. The van der Waals surface area contributed by atoms with Gasteiger partial charge in [0.25, 0.3) is 0 Å². The van der Waals surface area contributed by atoms with E-state index in [1.807, 2.05) is 13.8 Å². The van der Waals surface area contributed by atoms with Crippen molar-refractivity contribution in [3.63, 3.8) is 0 Å². The van der Waals surface area contributed by atoms with E-state index in [0.29, 0.717) is 6.42 Å². The Kier molecular flexibility index (Phi) is 9.97. The van der Waals surface area contributed by atoms with E-state index in [0.717, 1.165) is 0 Å². The van der Waals surface area contributed by atoms with Crippen LogP contribution >= 0.6 is 0 Å². The lowest BCUT2D eigenvalue weighted by molar-refractivity contribution is -0.132. The van der Waals surface area contributed by atoms with Gasteiger partial charge in [0.05, 0.1) is 0 Å². The van der Waals surface area contributed by atoms with Crippen LogP contribution in [0.15, 0.2) is 0 Å². The summed E-state index contributed by atoms with van der Waals surface area (Å²) in [5, 5.41) is 7.71. The van der Waals surface area contributed by atoms with Gasteiger partial charge in [-0.05, 0) is 46.0 Å². The van der Waals surface area contributed by atoms with E-state index in [9.17, 15) is 19.2 Å². The lowest BCUT2D eigenvalue weighted by atomic mass is 10.00. The molecule has 9 heteroatoms. The van der Waals surface area contributed by atoms with Crippen LogP contribution in [0.4, 0.5) is 4.79 Å². The molecule has 0 spiro atoms. The van der Waals surface area contributed by atoms with E-state index in [-0.39, 0.29) is 11.8 Å². The molecule has 0 unspecified atom stereocenters. The van der Waals surface area contributed by atoms with Crippen molar-refractivity contribution in [2.24, 2.45) is 17.6 Å². The molecule has 0 aromatic carbocycles. The maximum Gasteiger partial charge on any atom is 0.408 e. The van der Waals surface area contributed by atoms with Gasteiger partial charge < -0.3 is 26.4 Å². The molecule has 0 rings (SSSR count). The van der Waals surface area contributed by atoms with Crippen molar-refractivity contribution in [3.05, 3.63) is 0 Å². The van der Waals surface area contributed by atoms with Crippen molar-refractivity contribution in [1.82, 2.24) is 16.0 Å². The van der Waals surface area contributed by atoms with Gasteiger partial charge in [-0.3, -0.25) is 14.4 Å². The monoisotopic (exact) mass is 400 g/mol. The quantitative estimate of drug-likeness (QED) is 0.458. The molecule has 3 atom stereocenters. The molecule has 0 aliphatic heterocycles. The third kappa shape index (κ3) is 10.1. The highest BCUT2D eigenvalue weighted by molar-refractivity contribution is 5.93. The van der Waals surface area contributed by atoms with Crippen molar-refractivity contribution < 1.29 is 23.9 Å². The number of nitrogens with two attached hydrogens (primary N) is 1. The molecule has 28 heavy (non-hydrogen) atoms. The van der Waals surface area contributed by atoms with Crippen LogP contribution in [-0.2, 0) is 19.1 Å². The van der Waals surface area contributed by atoms with Crippen molar-refractivity contribution >= 4 is 23.8 Å². The van der Waals surface area contributed by atoms with E-state index < -0.39 is 47.5 Å². The molecule has 0 aromatic heterocycles. The number of alkyl carbamates (subject to hydrolysis) is 1. The number of carbonyl (C=O) groups excluding carboxylic acids is 4. The second-order valence-corrected chi connectivity index (χ2v) is 8.69. The van der Waals surface area contributed by atoms with Gasteiger partial charge in [-0.1, -0.05) is 27.7 Å². The fourth-order valence-corrected chi connectivity index (χ4v) is 2.32. The molecule has 0 aromatic rings. The van der Waals surface area contributed by atoms with Crippen LogP contribution in [-0.4, -0.2) is 47.5 Å². The summed E-state index contributed by atoms with van der Waals surface area (Å²) in [5.41, 5.74) is 4.47.